The fraction of sp³-hybridized carbons (Fsp3) is 0.750. The predicted octanol–water partition coefficient (Wildman–Crippen LogP) is 8.51. The Balaban J connectivity index is 2.60. The number of aromatic hydroxyl groups is 1. The second-order valence-corrected chi connectivity index (χ2v) is 10.3. The Bertz CT molecular complexity index is 642. The zero-order valence-corrected chi connectivity index (χ0v) is 20.9. The first-order valence-electron chi connectivity index (χ1n) is 12.8. The van der Waals surface area contributed by atoms with Gasteiger partial charge in [0.25, 0.3) is 0 Å². The maximum atomic E-state index is 11.5. The molecule has 0 fully saturated rings. The molecule has 0 aliphatic carbocycles. The van der Waals surface area contributed by atoms with Gasteiger partial charge in [-0.1, -0.05) is 117 Å². The van der Waals surface area contributed by atoms with Gasteiger partial charge < -0.3 is 10.2 Å². The average molecular weight is 433 g/mol. The van der Waals surface area contributed by atoms with Gasteiger partial charge in [0.05, 0.1) is 6.42 Å². The Morgan fingerprint density at radius 3 is 1.84 bits per heavy atom. The van der Waals surface area contributed by atoms with Gasteiger partial charge in [-0.05, 0) is 40.9 Å². The highest BCUT2D eigenvalue weighted by atomic mass is 16.4. The number of phenols is 1. The van der Waals surface area contributed by atoms with Gasteiger partial charge >= 0.3 is 5.97 Å². The molecule has 0 bridgehead atoms. The third-order valence-electron chi connectivity index (χ3n) is 6.45. The van der Waals surface area contributed by atoms with Gasteiger partial charge in [-0.3, -0.25) is 4.79 Å². The number of benzene rings is 1. The van der Waals surface area contributed by atoms with Crippen molar-refractivity contribution < 1.29 is 15.0 Å². The summed E-state index contributed by atoms with van der Waals surface area (Å²) in [6.45, 7) is 10.6. The molecule has 3 nitrogen and oxygen atoms in total. The monoisotopic (exact) mass is 432 g/mol. The van der Waals surface area contributed by atoms with Crippen LogP contribution in [0.2, 0.25) is 0 Å². The number of aryl methyl sites for hydroxylation is 1. The minimum absolute atomic E-state index is 0.0167. The molecular formula is C28H48O3. The minimum atomic E-state index is -0.739. The summed E-state index contributed by atoms with van der Waals surface area (Å²) in [4.78, 5) is 11.5. The number of carboxylic acids is 1. The van der Waals surface area contributed by atoms with E-state index in [4.69, 9.17) is 0 Å². The Labute approximate surface area is 191 Å². The lowest BCUT2D eigenvalue weighted by Gasteiger charge is -2.25. The summed E-state index contributed by atoms with van der Waals surface area (Å²) in [5.41, 5.74) is 2.76. The van der Waals surface area contributed by atoms with Crippen molar-refractivity contribution in [1.29, 1.82) is 0 Å². The van der Waals surface area contributed by atoms with Gasteiger partial charge in [0.15, 0.2) is 0 Å². The maximum absolute atomic E-state index is 11.5. The SMILES string of the molecule is CCCCCCCCCCCCCC(CC(=O)O)c1cc(CC)c(O)c(C(C)(C)C)c1. The molecule has 0 spiro atoms. The molecular weight excluding hydrogens is 384 g/mol. The molecule has 1 aromatic carbocycles. The summed E-state index contributed by atoms with van der Waals surface area (Å²) >= 11 is 0. The van der Waals surface area contributed by atoms with Gasteiger partial charge in [0.2, 0.25) is 0 Å². The van der Waals surface area contributed by atoms with Crippen LogP contribution in [0.15, 0.2) is 12.1 Å². The number of carboxylic acid groups (broad SMARTS) is 1. The normalized spacial score (nSPS) is 12.8. The van der Waals surface area contributed by atoms with E-state index in [0.29, 0.717) is 5.75 Å². The average Bonchev–Trinajstić information content (AvgIpc) is 2.70. The molecule has 178 valence electrons. The first-order chi connectivity index (χ1) is 14.7. The third-order valence-corrected chi connectivity index (χ3v) is 6.45. The van der Waals surface area contributed by atoms with Crippen LogP contribution in [0.3, 0.4) is 0 Å². The highest BCUT2D eigenvalue weighted by molar-refractivity contribution is 5.68. The molecule has 0 radical (unpaired) electrons. The number of hydrogen-bond acceptors (Lipinski definition) is 2. The fourth-order valence-electron chi connectivity index (χ4n) is 4.45. The van der Waals surface area contributed by atoms with Gasteiger partial charge in [-0.15, -0.1) is 0 Å². The van der Waals surface area contributed by atoms with E-state index in [1.54, 1.807) is 0 Å². The Morgan fingerprint density at radius 2 is 1.39 bits per heavy atom. The first kappa shape index (κ1) is 27.5. The van der Waals surface area contributed by atoms with Crippen molar-refractivity contribution in [3.05, 3.63) is 28.8 Å². The van der Waals surface area contributed by atoms with Crippen molar-refractivity contribution >= 4 is 5.97 Å². The summed E-state index contributed by atoms with van der Waals surface area (Å²) < 4.78 is 0. The maximum Gasteiger partial charge on any atom is 0.303 e. The van der Waals surface area contributed by atoms with E-state index < -0.39 is 5.97 Å². The Morgan fingerprint density at radius 1 is 0.871 bits per heavy atom. The van der Waals surface area contributed by atoms with E-state index in [1.807, 2.05) is 13.0 Å². The Hall–Kier alpha value is -1.51. The molecule has 31 heavy (non-hydrogen) atoms. The van der Waals surface area contributed by atoms with Crippen LogP contribution >= 0.6 is 0 Å². The molecule has 0 heterocycles. The highest BCUT2D eigenvalue weighted by Gasteiger charge is 2.24. The molecule has 2 N–H and O–H groups in total. The third kappa shape index (κ3) is 10.6. The van der Waals surface area contributed by atoms with Crippen LogP contribution in [0.25, 0.3) is 0 Å². The molecule has 1 unspecified atom stereocenters. The van der Waals surface area contributed by atoms with Gasteiger partial charge in [-0.25, -0.2) is 0 Å². The van der Waals surface area contributed by atoms with Crippen LogP contribution in [0.5, 0.6) is 5.75 Å². The largest absolute Gasteiger partial charge is 0.507 e. The Kier molecular flexibility index (Phi) is 12.9. The number of carbonyl (C=O) groups is 1. The van der Waals surface area contributed by atoms with Crippen molar-refractivity contribution in [2.24, 2.45) is 0 Å². The van der Waals surface area contributed by atoms with Crippen LogP contribution in [0.4, 0.5) is 0 Å². The number of rotatable bonds is 16. The summed E-state index contributed by atoms with van der Waals surface area (Å²) in [7, 11) is 0. The molecule has 0 amide bonds. The molecule has 0 saturated carbocycles. The first-order valence-corrected chi connectivity index (χ1v) is 12.8. The number of phenolic OH excluding ortho intramolecular Hbond substituents is 1. The van der Waals surface area contributed by atoms with E-state index in [9.17, 15) is 15.0 Å². The minimum Gasteiger partial charge on any atom is -0.507 e. The van der Waals surface area contributed by atoms with Crippen LogP contribution in [0, 0.1) is 0 Å². The molecule has 0 aliphatic heterocycles. The van der Waals surface area contributed by atoms with Crippen molar-refractivity contribution in [2.75, 3.05) is 0 Å². The van der Waals surface area contributed by atoms with Crippen LogP contribution < -0.4 is 0 Å². The van der Waals surface area contributed by atoms with Crippen molar-refractivity contribution in [1.82, 2.24) is 0 Å². The van der Waals surface area contributed by atoms with Gasteiger partial charge in [-0.2, -0.15) is 0 Å². The predicted molar refractivity (Wildman–Crippen MR) is 132 cm³/mol. The molecule has 1 atom stereocenters. The molecule has 1 rings (SSSR count). The van der Waals surface area contributed by atoms with E-state index in [-0.39, 0.29) is 17.8 Å². The highest BCUT2D eigenvalue weighted by Crippen LogP contribution is 2.38. The van der Waals surface area contributed by atoms with Crippen molar-refractivity contribution in [3.63, 3.8) is 0 Å². The lowest BCUT2D eigenvalue weighted by Crippen LogP contribution is -2.14. The zero-order valence-electron chi connectivity index (χ0n) is 20.9. The lowest BCUT2D eigenvalue weighted by atomic mass is 9.80. The van der Waals surface area contributed by atoms with E-state index in [0.717, 1.165) is 36.0 Å². The number of unbranched alkanes of at least 4 members (excludes halogenated alkanes) is 10. The summed E-state index contributed by atoms with van der Waals surface area (Å²) in [5, 5.41) is 20.2. The second-order valence-electron chi connectivity index (χ2n) is 10.3. The quantitative estimate of drug-likeness (QED) is 0.257. The number of aliphatic carboxylic acids is 1. The molecule has 0 aromatic heterocycles. The van der Waals surface area contributed by atoms with Gasteiger partial charge in [0, 0.05) is 0 Å². The molecule has 1 aromatic rings. The summed E-state index contributed by atoms with van der Waals surface area (Å²) in [6.07, 6.45) is 16.1. The fourth-order valence-corrected chi connectivity index (χ4v) is 4.45. The summed E-state index contributed by atoms with van der Waals surface area (Å²) in [6, 6.07) is 4.09. The molecule has 3 heteroatoms. The second kappa shape index (κ2) is 14.5. The van der Waals surface area contributed by atoms with E-state index >= 15 is 0 Å². The summed E-state index contributed by atoms with van der Waals surface area (Å²) in [5.74, 6) is -0.345. The van der Waals surface area contributed by atoms with Crippen molar-refractivity contribution in [3.8, 4) is 5.75 Å². The van der Waals surface area contributed by atoms with E-state index in [2.05, 4.69) is 33.8 Å². The van der Waals surface area contributed by atoms with Gasteiger partial charge in [0.1, 0.15) is 5.75 Å². The van der Waals surface area contributed by atoms with Crippen LogP contribution in [0.1, 0.15) is 141 Å². The van der Waals surface area contributed by atoms with Crippen molar-refractivity contribution in [2.45, 2.75) is 136 Å². The zero-order chi connectivity index (χ0) is 23.3. The lowest BCUT2D eigenvalue weighted by molar-refractivity contribution is -0.137. The standard InChI is InChI=1S/C28H48O3/c1-6-8-9-10-11-12-13-14-15-16-17-18-23(21-26(29)30)24-19-22(7-2)27(31)25(20-24)28(3,4)5/h19-20,23,31H,6-18,21H2,1-5H3,(H,29,30). The van der Waals surface area contributed by atoms with E-state index in [1.165, 1.54) is 64.2 Å². The van der Waals surface area contributed by atoms with Crippen LogP contribution in [-0.4, -0.2) is 16.2 Å². The number of hydrogen-bond donors (Lipinski definition) is 2. The molecule has 0 saturated heterocycles. The smallest absolute Gasteiger partial charge is 0.303 e. The molecule has 0 aliphatic rings. The van der Waals surface area contributed by atoms with Crippen LogP contribution in [-0.2, 0) is 16.6 Å². The topological polar surface area (TPSA) is 57.5 Å².